The third-order valence-electron chi connectivity index (χ3n) is 7.20. The number of imide groups is 1. The van der Waals surface area contributed by atoms with Crippen LogP contribution in [0.25, 0.3) is 11.1 Å². The number of carbonyl (C=O) groups is 2. The molecule has 4 rings (SSSR count). The predicted octanol–water partition coefficient (Wildman–Crippen LogP) is 5.05. The second-order valence-corrected chi connectivity index (χ2v) is 10.4. The summed E-state index contributed by atoms with van der Waals surface area (Å²) in [6, 6.07) is 3.49. The van der Waals surface area contributed by atoms with Crippen molar-refractivity contribution in [1.82, 2.24) is 10.6 Å². The zero-order valence-corrected chi connectivity index (χ0v) is 19.9. The van der Waals surface area contributed by atoms with Gasteiger partial charge >= 0.3 is 6.03 Å². The third-order valence-corrected chi connectivity index (χ3v) is 7.20. The first kappa shape index (κ1) is 23.2. The normalized spacial score (nSPS) is 20.8. The van der Waals surface area contributed by atoms with Crippen LogP contribution in [0.5, 0.6) is 5.75 Å². The first-order valence-corrected chi connectivity index (χ1v) is 11.2. The van der Waals surface area contributed by atoms with E-state index in [-0.39, 0.29) is 34.1 Å². The summed E-state index contributed by atoms with van der Waals surface area (Å²) in [6.45, 7) is 10.7. The van der Waals surface area contributed by atoms with Crippen LogP contribution in [0.4, 0.5) is 13.6 Å². The summed E-state index contributed by atoms with van der Waals surface area (Å²) in [6.07, 6.45) is 1.86. The molecule has 3 amide bonds. The molecule has 1 aliphatic heterocycles. The maximum atomic E-state index is 15.9. The molecule has 1 saturated heterocycles. The molecular formula is C26H30F2N2O3. The molecule has 0 spiro atoms. The summed E-state index contributed by atoms with van der Waals surface area (Å²) in [5, 5.41) is 4.56. The Morgan fingerprint density at radius 2 is 1.64 bits per heavy atom. The molecule has 2 aromatic carbocycles. The molecule has 0 aromatic heterocycles. The zero-order valence-electron chi connectivity index (χ0n) is 19.9. The standard InChI is InChI=1S/C26H30F2N2O3/c1-13-9-16-17(26(4,5)8-7-25(16,2)3)12-15(13)20-21(28)14(10-18(27)22(20)33-6)11-19-23(31)30-24(32)29-19/h9-10,12,19H,7-8,11H2,1-6H3,(H2,29,30,31,32). The number of methoxy groups -OCH3 is 1. The first-order chi connectivity index (χ1) is 15.4. The van der Waals surface area contributed by atoms with E-state index in [1.165, 1.54) is 12.7 Å². The van der Waals surface area contributed by atoms with Gasteiger partial charge in [-0.3, -0.25) is 10.1 Å². The van der Waals surface area contributed by atoms with E-state index in [0.717, 1.165) is 30.0 Å². The minimum Gasteiger partial charge on any atom is -0.493 e. The molecular weight excluding hydrogens is 426 g/mol. The minimum absolute atomic E-state index is 0.00219. The number of nitrogens with one attached hydrogen (secondary N) is 2. The minimum atomic E-state index is -0.961. The first-order valence-electron chi connectivity index (χ1n) is 11.2. The predicted molar refractivity (Wildman–Crippen MR) is 123 cm³/mol. The summed E-state index contributed by atoms with van der Waals surface area (Å²) >= 11 is 0. The molecule has 0 radical (unpaired) electrons. The van der Waals surface area contributed by atoms with Gasteiger partial charge < -0.3 is 10.1 Å². The average molecular weight is 457 g/mol. The maximum absolute atomic E-state index is 15.9. The number of halogens is 2. The molecule has 1 unspecified atom stereocenters. The number of benzene rings is 2. The van der Waals surface area contributed by atoms with Crippen molar-refractivity contribution in [2.75, 3.05) is 7.11 Å². The summed E-state index contributed by atoms with van der Waals surface area (Å²) in [7, 11) is 1.31. The topological polar surface area (TPSA) is 67.4 Å². The number of carbonyl (C=O) groups excluding carboxylic acids is 2. The quantitative estimate of drug-likeness (QED) is 0.633. The highest BCUT2D eigenvalue weighted by atomic mass is 19.1. The SMILES string of the molecule is COc1c(F)cc(CC2NC(=O)NC2=O)c(F)c1-c1cc2c(cc1C)C(C)(C)CCC2(C)C. The van der Waals surface area contributed by atoms with E-state index in [9.17, 15) is 9.59 Å². The van der Waals surface area contributed by atoms with Crippen LogP contribution in [0.15, 0.2) is 18.2 Å². The van der Waals surface area contributed by atoms with Crippen molar-refractivity contribution in [2.24, 2.45) is 0 Å². The van der Waals surface area contributed by atoms with Crippen molar-refractivity contribution in [3.63, 3.8) is 0 Å². The molecule has 0 saturated carbocycles. The summed E-state index contributed by atoms with van der Waals surface area (Å²) in [5.41, 5.74) is 3.64. The Kier molecular flexibility index (Phi) is 5.50. The molecule has 1 atom stereocenters. The van der Waals surface area contributed by atoms with E-state index in [4.69, 9.17) is 4.74 Å². The van der Waals surface area contributed by atoms with Crippen molar-refractivity contribution in [2.45, 2.75) is 70.8 Å². The van der Waals surface area contributed by atoms with Crippen molar-refractivity contribution < 1.29 is 23.1 Å². The number of aryl methyl sites for hydroxylation is 1. The van der Waals surface area contributed by atoms with Gasteiger partial charge in [0.1, 0.15) is 11.9 Å². The Labute approximate surface area is 192 Å². The highest BCUT2D eigenvalue weighted by Crippen LogP contribution is 2.49. The van der Waals surface area contributed by atoms with Gasteiger partial charge in [-0.05, 0) is 70.5 Å². The van der Waals surface area contributed by atoms with E-state index in [1.807, 2.05) is 13.0 Å². The molecule has 2 aliphatic rings. The van der Waals surface area contributed by atoms with Crippen molar-refractivity contribution >= 4 is 11.9 Å². The van der Waals surface area contributed by atoms with Gasteiger partial charge in [0.25, 0.3) is 5.91 Å². The number of rotatable bonds is 4. The van der Waals surface area contributed by atoms with Crippen LogP contribution in [0.3, 0.4) is 0 Å². The number of hydrogen-bond acceptors (Lipinski definition) is 3. The monoisotopic (exact) mass is 456 g/mol. The van der Waals surface area contributed by atoms with E-state index in [1.54, 1.807) is 0 Å². The van der Waals surface area contributed by atoms with Gasteiger partial charge in [-0.2, -0.15) is 0 Å². The largest absolute Gasteiger partial charge is 0.493 e. The molecule has 176 valence electrons. The molecule has 1 heterocycles. The van der Waals surface area contributed by atoms with Crippen LogP contribution >= 0.6 is 0 Å². The smallest absolute Gasteiger partial charge is 0.322 e. The van der Waals surface area contributed by atoms with Gasteiger partial charge in [0, 0.05) is 6.42 Å². The van der Waals surface area contributed by atoms with Gasteiger partial charge in [0.2, 0.25) is 0 Å². The number of amides is 3. The van der Waals surface area contributed by atoms with E-state index in [0.29, 0.717) is 5.56 Å². The zero-order chi connectivity index (χ0) is 24.3. The van der Waals surface area contributed by atoms with Gasteiger partial charge in [0.15, 0.2) is 11.6 Å². The molecule has 1 aliphatic carbocycles. The Morgan fingerprint density at radius 3 is 2.18 bits per heavy atom. The van der Waals surface area contributed by atoms with Crippen LogP contribution in [0.1, 0.15) is 62.8 Å². The lowest BCUT2D eigenvalue weighted by Gasteiger charge is -2.42. The molecule has 7 heteroatoms. The average Bonchev–Trinajstić information content (AvgIpc) is 3.04. The van der Waals surface area contributed by atoms with E-state index in [2.05, 4.69) is 44.4 Å². The van der Waals surface area contributed by atoms with Gasteiger partial charge in [-0.25, -0.2) is 13.6 Å². The van der Waals surface area contributed by atoms with Gasteiger partial charge in [-0.1, -0.05) is 33.8 Å². The fourth-order valence-corrected chi connectivity index (χ4v) is 5.06. The number of fused-ring (bicyclic) bond motifs is 1. The molecule has 2 N–H and O–H groups in total. The molecule has 0 bridgehead atoms. The Hall–Kier alpha value is -2.96. The second-order valence-electron chi connectivity index (χ2n) is 10.4. The lowest BCUT2D eigenvalue weighted by Crippen LogP contribution is -2.34. The summed E-state index contributed by atoms with van der Waals surface area (Å²) < 4.78 is 36.3. The van der Waals surface area contributed by atoms with E-state index >= 15 is 8.78 Å². The molecule has 2 aromatic rings. The number of ether oxygens (including phenoxy) is 1. The second kappa shape index (κ2) is 7.82. The highest BCUT2D eigenvalue weighted by molar-refractivity contribution is 6.04. The van der Waals surface area contributed by atoms with Crippen LogP contribution < -0.4 is 15.4 Å². The Bertz CT molecular complexity index is 1170. The van der Waals surface area contributed by atoms with Crippen molar-refractivity contribution in [3.8, 4) is 16.9 Å². The summed E-state index contributed by atoms with van der Waals surface area (Å²) in [4.78, 5) is 23.4. The molecule has 33 heavy (non-hydrogen) atoms. The van der Waals surface area contributed by atoms with Crippen molar-refractivity contribution in [3.05, 3.63) is 52.1 Å². The fraction of sp³-hybridized carbons (Fsp3) is 0.462. The Morgan fingerprint density at radius 1 is 1.03 bits per heavy atom. The van der Waals surface area contributed by atoms with Crippen molar-refractivity contribution in [1.29, 1.82) is 0 Å². The number of urea groups is 1. The Balaban J connectivity index is 1.91. The van der Waals surface area contributed by atoms with Crippen LogP contribution in [-0.2, 0) is 22.0 Å². The third kappa shape index (κ3) is 3.87. The fourth-order valence-electron chi connectivity index (χ4n) is 5.06. The van der Waals surface area contributed by atoms with Crippen LogP contribution in [-0.4, -0.2) is 25.1 Å². The summed E-state index contributed by atoms with van der Waals surface area (Å²) in [5.74, 6) is -2.11. The highest BCUT2D eigenvalue weighted by Gasteiger charge is 2.38. The van der Waals surface area contributed by atoms with Gasteiger partial charge in [-0.15, -0.1) is 0 Å². The maximum Gasteiger partial charge on any atom is 0.322 e. The lowest BCUT2D eigenvalue weighted by atomic mass is 9.62. The van der Waals surface area contributed by atoms with Crippen LogP contribution in [0, 0.1) is 18.6 Å². The van der Waals surface area contributed by atoms with E-state index < -0.39 is 29.6 Å². The van der Waals surface area contributed by atoms with Crippen LogP contribution in [0.2, 0.25) is 0 Å². The number of hydrogen-bond donors (Lipinski definition) is 2. The lowest BCUT2D eigenvalue weighted by molar-refractivity contribution is -0.120. The van der Waals surface area contributed by atoms with Gasteiger partial charge in [0.05, 0.1) is 12.7 Å². The molecule has 1 fully saturated rings. The molecule has 5 nitrogen and oxygen atoms in total.